The molecule has 2 rings (SSSR count). The minimum absolute atomic E-state index is 0.187. The molecule has 88 valence electrons. The number of nitrogens with one attached hydrogen (secondary N) is 1. The molecule has 0 saturated heterocycles. The van der Waals surface area contributed by atoms with Gasteiger partial charge in [-0.25, -0.2) is 0 Å². The van der Waals surface area contributed by atoms with Crippen molar-refractivity contribution in [1.82, 2.24) is 0 Å². The molecule has 0 saturated carbocycles. The molecule has 6 heteroatoms. The second-order valence-electron chi connectivity index (χ2n) is 3.15. The molecule has 0 unspecified atom stereocenters. The zero-order valence-electron chi connectivity index (χ0n) is 8.34. The number of furan rings is 1. The smallest absolute Gasteiger partial charge is 0.291 e. The number of halogens is 3. The number of rotatable bonds is 2. The van der Waals surface area contributed by atoms with Crippen LogP contribution in [0, 0.1) is 0 Å². The minimum Gasteiger partial charge on any atom is -0.459 e. The number of hydrogen-bond acceptors (Lipinski definition) is 2. The molecule has 3 nitrogen and oxygen atoms in total. The molecule has 2 aromatic rings. The fourth-order valence-corrected chi connectivity index (χ4v) is 1.80. The SMILES string of the molecule is O=C(Nc1ccc(Cl)c(Cl)c1Cl)c1ccco1. The van der Waals surface area contributed by atoms with Crippen molar-refractivity contribution >= 4 is 46.4 Å². The van der Waals surface area contributed by atoms with Crippen LogP contribution in [0.5, 0.6) is 0 Å². The Bertz CT molecular complexity index is 552. The lowest BCUT2D eigenvalue weighted by molar-refractivity contribution is 0.0996. The van der Waals surface area contributed by atoms with E-state index in [2.05, 4.69) is 5.32 Å². The summed E-state index contributed by atoms with van der Waals surface area (Å²) in [4.78, 5) is 11.7. The third-order valence-corrected chi connectivity index (χ3v) is 3.32. The van der Waals surface area contributed by atoms with Gasteiger partial charge in [0.05, 0.1) is 27.0 Å². The summed E-state index contributed by atoms with van der Waals surface area (Å²) < 4.78 is 4.95. The molecule has 0 bridgehead atoms. The topological polar surface area (TPSA) is 42.2 Å². The Morgan fingerprint density at radius 3 is 2.53 bits per heavy atom. The largest absolute Gasteiger partial charge is 0.459 e. The van der Waals surface area contributed by atoms with E-state index in [0.29, 0.717) is 10.7 Å². The summed E-state index contributed by atoms with van der Waals surface area (Å²) in [5.74, 6) is -0.220. The first-order valence-electron chi connectivity index (χ1n) is 4.58. The van der Waals surface area contributed by atoms with Crippen molar-refractivity contribution < 1.29 is 9.21 Å². The van der Waals surface area contributed by atoms with E-state index in [1.807, 2.05) is 0 Å². The Balaban J connectivity index is 2.25. The summed E-state index contributed by atoms with van der Waals surface area (Å²) in [6.45, 7) is 0. The van der Waals surface area contributed by atoms with Crippen LogP contribution < -0.4 is 5.32 Å². The average Bonchev–Trinajstić information content (AvgIpc) is 2.83. The van der Waals surface area contributed by atoms with Crippen molar-refractivity contribution in [3.05, 3.63) is 51.4 Å². The number of carbonyl (C=O) groups excluding carboxylic acids is 1. The molecule has 0 spiro atoms. The van der Waals surface area contributed by atoms with Gasteiger partial charge in [0.1, 0.15) is 0 Å². The number of benzene rings is 1. The third kappa shape index (κ3) is 2.57. The van der Waals surface area contributed by atoms with Gasteiger partial charge in [-0.1, -0.05) is 34.8 Å². The highest BCUT2D eigenvalue weighted by Crippen LogP contribution is 2.35. The third-order valence-electron chi connectivity index (χ3n) is 2.03. The van der Waals surface area contributed by atoms with Crippen molar-refractivity contribution in [2.24, 2.45) is 0 Å². The molecule has 1 amide bonds. The van der Waals surface area contributed by atoms with Gasteiger partial charge in [-0.05, 0) is 24.3 Å². The van der Waals surface area contributed by atoms with Crippen LogP contribution >= 0.6 is 34.8 Å². The molecule has 0 aliphatic rings. The molecule has 1 N–H and O–H groups in total. The zero-order chi connectivity index (χ0) is 12.4. The quantitative estimate of drug-likeness (QED) is 0.828. The second kappa shape index (κ2) is 5.00. The van der Waals surface area contributed by atoms with Gasteiger partial charge < -0.3 is 9.73 Å². The standard InChI is InChI=1S/C11H6Cl3NO2/c12-6-3-4-7(10(14)9(6)13)15-11(16)8-2-1-5-17-8/h1-5H,(H,15,16). The first-order chi connectivity index (χ1) is 8.09. The lowest BCUT2D eigenvalue weighted by Gasteiger charge is -2.07. The molecular formula is C11H6Cl3NO2. The maximum atomic E-state index is 11.7. The number of anilines is 1. The molecule has 0 atom stereocenters. The van der Waals surface area contributed by atoms with E-state index in [0.717, 1.165) is 0 Å². The summed E-state index contributed by atoms with van der Waals surface area (Å²) in [6.07, 6.45) is 1.41. The fourth-order valence-electron chi connectivity index (χ4n) is 1.21. The van der Waals surface area contributed by atoms with Crippen molar-refractivity contribution in [3.63, 3.8) is 0 Å². The summed E-state index contributed by atoms with van der Waals surface area (Å²) in [5, 5.41) is 3.29. The first kappa shape index (κ1) is 12.3. The van der Waals surface area contributed by atoms with Crippen molar-refractivity contribution in [2.45, 2.75) is 0 Å². The Morgan fingerprint density at radius 1 is 1.12 bits per heavy atom. The van der Waals surface area contributed by atoms with Crippen molar-refractivity contribution in [2.75, 3.05) is 5.32 Å². The Hall–Kier alpha value is -1.16. The van der Waals surface area contributed by atoms with E-state index in [9.17, 15) is 4.79 Å². The van der Waals surface area contributed by atoms with E-state index in [4.69, 9.17) is 39.2 Å². The second-order valence-corrected chi connectivity index (χ2v) is 4.32. The van der Waals surface area contributed by atoms with Crippen LogP contribution in [0.1, 0.15) is 10.6 Å². The van der Waals surface area contributed by atoms with Gasteiger partial charge in [-0.2, -0.15) is 0 Å². The number of carbonyl (C=O) groups is 1. The lowest BCUT2D eigenvalue weighted by atomic mass is 10.3. The zero-order valence-corrected chi connectivity index (χ0v) is 10.6. The molecule has 0 fully saturated rings. The van der Waals surface area contributed by atoms with Gasteiger partial charge in [0.25, 0.3) is 5.91 Å². The van der Waals surface area contributed by atoms with Crippen LogP contribution in [-0.4, -0.2) is 5.91 Å². The maximum Gasteiger partial charge on any atom is 0.291 e. The van der Waals surface area contributed by atoms with Crippen LogP contribution in [0.4, 0.5) is 5.69 Å². The van der Waals surface area contributed by atoms with E-state index in [1.165, 1.54) is 6.26 Å². The van der Waals surface area contributed by atoms with E-state index < -0.39 is 5.91 Å². The summed E-state index contributed by atoms with van der Waals surface area (Å²) in [7, 11) is 0. The maximum absolute atomic E-state index is 11.7. The van der Waals surface area contributed by atoms with Gasteiger partial charge >= 0.3 is 0 Å². The molecule has 1 aromatic heterocycles. The Kier molecular flexibility index (Phi) is 3.62. The van der Waals surface area contributed by atoms with Crippen LogP contribution in [0.25, 0.3) is 0 Å². The molecule has 0 aliphatic carbocycles. The molecule has 0 aliphatic heterocycles. The van der Waals surface area contributed by atoms with Crippen LogP contribution in [0.2, 0.25) is 15.1 Å². The lowest BCUT2D eigenvalue weighted by Crippen LogP contribution is -2.11. The van der Waals surface area contributed by atoms with Crippen LogP contribution in [0.3, 0.4) is 0 Å². The van der Waals surface area contributed by atoms with Gasteiger partial charge in [-0.15, -0.1) is 0 Å². The van der Waals surface area contributed by atoms with E-state index in [1.54, 1.807) is 24.3 Å². The Morgan fingerprint density at radius 2 is 1.88 bits per heavy atom. The summed E-state index contributed by atoms with van der Waals surface area (Å²) in [6, 6.07) is 6.27. The van der Waals surface area contributed by atoms with Crippen LogP contribution in [-0.2, 0) is 0 Å². The number of hydrogen-bond donors (Lipinski definition) is 1. The summed E-state index contributed by atoms with van der Waals surface area (Å²) >= 11 is 17.6. The van der Waals surface area contributed by atoms with Crippen LogP contribution in [0.15, 0.2) is 34.9 Å². The highest BCUT2D eigenvalue weighted by molar-refractivity contribution is 6.49. The minimum atomic E-state index is -0.407. The molecule has 0 radical (unpaired) electrons. The van der Waals surface area contributed by atoms with Gasteiger partial charge in [0, 0.05) is 0 Å². The van der Waals surface area contributed by atoms with Gasteiger partial charge in [0.2, 0.25) is 0 Å². The molecular weight excluding hydrogens is 284 g/mol. The predicted molar refractivity (Wildman–Crippen MR) is 68.1 cm³/mol. The highest BCUT2D eigenvalue weighted by Gasteiger charge is 2.13. The van der Waals surface area contributed by atoms with Crippen molar-refractivity contribution in [1.29, 1.82) is 0 Å². The molecule has 1 heterocycles. The monoisotopic (exact) mass is 289 g/mol. The van der Waals surface area contributed by atoms with Gasteiger partial charge in [0.15, 0.2) is 5.76 Å². The predicted octanol–water partition coefficient (Wildman–Crippen LogP) is 4.49. The van der Waals surface area contributed by atoms with E-state index in [-0.39, 0.29) is 15.8 Å². The number of amides is 1. The first-order valence-corrected chi connectivity index (χ1v) is 5.71. The average molecular weight is 291 g/mol. The Labute approximate surface area is 112 Å². The highest BCUT2D eigenvalue weighted by atomic mass is 35.5. The molecule has 17 heavy (non-hydrogen) atoms. The fraction of sp³-hybridized carbons (Fsp3) is 0. The van der Waals surface area contributed by atoms with Crippen molar-refractivity contribution in [3.8, 4) is 0 Å². The van der Waals surface area contributed by atoms with E-state index >= 15 is 0 Å². The normalized spacial score (nSPS) is 10.3. The summed E-state index contributed by atoms with van der Waals surface area (Å²) in [5.41, 5.74) is 0.377. The molecule has 1 aromatic carbocycles. The van der Waals surface area contributed by atoms with Gasteiger partial charge in [-0.3, -0.25) is 4.79 Å².